The predicted molar refractivity (Wildman–Crippen MR) is 68.0 cm³/mol. The van der Waals surface area contributed by atoms with Crippen molar-refractivity contribution in [3.05, 3.63) is 35.9 Å². The van der Waals surface area contributed by atoms with Crippen molar-refractivity contribution in [2.75, 3.05) is 6.54 Å². The van der Waals surface area contributed by atoms with Gasteiger partial charge in [-0.1, -0.05) is 37.3 Å². The number of benzene rings is 1. The van der Waals surface area contributed by atoms with Gasteiger partial charge in [0, 0.05) is 6.54 Å². The molecule has 2 N–H and O–H groups in total. The lowest BCUT2D eigenvalue weighted by Gasteiger charge is -2.17. The van der Waals surface area contributed by atoms with Gasteiger partial charge >= 0.3 is 6.09 Å². The van der Waals surface area contributed by atoms with Gasteiger partial charge in [0.2, 0.25) is 0 Å². The monoisotopic (exact) mass is 249 g/mol. The molecular weight excluding hydrogens is 230 g/mol. The van der Waals surface area contributed by atoms with Crippen molar-refractivity contribution in [1.82, 2.24) is 5.32 Å². The van der Waals surface area contributed by atoms with Gasteiger partial charge in [-0.2, -0.15) is 0 Å². The van der Waals surface area contributed by atoms with E-state index in [0.717, 1.165) is 18.4 Å². The van der Waals surface area contributed by atoms with Crippen LogP contribution >= 0.6 is 0 Å². The van der Waals surface area contributed by atoms with Crippen molar-refractivity contribution >= 4 is 6.09 Å². The van der Waals surface area contributed by atoms with Crippen LogP contribution in [0.2, 0.25) is 0 Å². The zero-order valence-electron chi connectivity index (χ0n) is 10.6. The minimum Gasteiger partial charge on any atom is -0.445 e. The molecule has 98 valence electrons. The molecule has 0 aliphatic heterocycles. The van der Waals surface area contributed by atoms with Crippen LogP contribution in [0.5, 0.6) is 0 Å². The van der Waals surface area contributed by atoms with Crippen LogP contribution in [-0.2, 0) is 11.3 Å². The molecule has 1 aromatic rings. The molecule has 0 bridgehead atoms. The Hall–Kier alpha value is -1.55. The summed E-state index contributed by atoms with van der Waals surface area (Å²) in [5.74, 6) is 0. The number of aliphatic hydroxyl groups excluding tert-OH is 1. The van der Waals surface area contributed by atoms with Crippen molar-refractivity contribution in [3.63, 3.8) is 0 Å². The highest BCUT2D eigenvalue weighted by molar-refractivity contribution is 5.67. The van der Waals surface area contributed by atoms with Crippen LogP contribution in [-0.4, -0.2) is 23.8 Å². The first-order valence-electron chi connectivity index (χ1n) is 6.23. The Bertz CT molecular complexity index is 401. The summed E-state index contributed by atoms with van der Waals surface area (Å²) in [6, 6.07) is 9.50. The highest BCUT2D eigenvalue weighted by atomic mass is 16.5. The Labute approximate surface area is 107 Å². The topological polar surface area (TPSA) is 58.6 Å². The molecule has 4 heteroatoms. The third-order valence-electron chi connectivity index (χ3n) is 3.50. The van der Waals surface area contributed by atoms with E-state index in [-0.39, 0.29) is 18.6 Å². The van der Waals surface area contributed by atoms with Gasteiger partial charge in [0.25, 0.3) is 0 Å². The first kappa shape index (κ1) is 12.9. The quantitative estimate of drug-likeness (QED) is 0.840. The summed E-state index contributed by atoms with van der Waals surface area (Å²) < 4.78 is 5.05. The van der Waals surface area contributed by atoms with E-state index in [4.69, 9.17) is 4.74 Å². The summed E-state index contributed by atoms with van der Waals surface area (Å²) in [5, 5.41) is 12.4. The van der Waals surface area contributed by atoms with Gasteiger partial charge in [0.15, 0.2) is 0 Å². The van der Waals surface area contributed by atoms with Crippen LogP contribution in [0.25, 0.3) is 0 Å². The second-order valence-corrected chi connectivity index (χ2v) is 5.11. The van der Waals surface area contributed by atoms with Crippen LogP contribution in [0.3, 0.4) is 0 Å². The highest BCUT2D eigenvalue weighted by Crippen LogP contribution is 2.47. The second kappa shape index (κ2) is 5.40. The normalized spacial score (nSPS) is 17.9. The minimum absolute atomic E-state index is 0.00723. The van der Waals surface area contributed by atoms with Crippen LogP contribution in [0, 0.1) is 5.41 Å². The van der Waals surface area contributed by atoms with Gasteiger partial charge in [-0.25, -0.2) is 4.79 Å². The van der Waals surface area contributed by atoms with E-state index in [9.17, 15) is 9.90 Å². The molecule has 1 aromatic carbocycles. The van der Waals surface area contributed by atoms with E-state index in [0.29, 0.717) is 0 Å². The molecule has 0 aromatic heterocycles. The van der Waals surface area contributed by atoms with E-state index >= 15 is 0 Å². The summed E-state index contributed by atoms with van der Waals surface area (Å²) in [7, 11) is 0. The van der Waals surface area contributed by atoms with Crippen molar-refractivity contribution in [1.29, 1.82) is 0 Å². The van der Waals surface area contributed by atoms with Crippen LogP contribution in [0.15, 0.2) is 30.3 Å². The summed E-state index contributed by atoms with van der Waals surface area (Å²) in [5.41, 5.74) is 0.939. The highest BCUT2D eigenvalue weighted by Gasteiger charge is 2.44. The third kappa shape index (κ3) is 3.47. The van der Waals surface area contributed by atoms with E-state index in [1.165, 1.54) is 0 Å². The minimum atomic E-state index is -0.484. The molecule has 1 atom stereocenters. The molecule has 1 unspecified atom stereocenters. The number of nitrogens with one attached hydrogen (secondary N) is 1. The van der Waals surface area contributed by atoms with Gasteiger partial charge < -0.3 is 15.2 Å². The molecule has 1 saturated carbocycles. The summed E-state index contributed by atoms with van der Waals surface area (Å²) >= 11 is 0. The first-order chi connectivity index (χ1) is 8.60. The smallest absolute Gasteiger partial charge is 0.407 e. The lowest BCUT2D eigenvalue weighted by Crippen LogP contribution is -2.36. The van der Waals surface area contributed by atoms with Crippen LogP contribution in [0.1, 0.15) is 25.3 Å². The number of rotatable bonds is 5. The van der Waals surface area contributed by atoms with E-state index in [1.807, 2.05) is 37.3 Å². The number of alkyl carbamates (subject to hydrolysis) is 1. The molecule has 1 aliphatic carbocycles. The SMILES string of the molecule is CC1(C(O)CNC(=O)OCc2ccccc2)CC1. The Morgan fingerprint density at radius 2 is 2.11 bits per heavy atom. The van der Waals surface area contributed by atoms with Crippen molar-refractivity contribution in [3.8, 4) is 0 Å². The van der Waals surface area contributed by atoms with Gasteiger partial charge in [-0.05, 0) is 23.8 Å². The lowest BCUT2D eigenvalue weighted by atomic mass is 10.0. The van der Waals surface area contributed by atoms with Gasteiger partial charge in [-0.3, -0.25) is 0 Å². The Kier molecular flexibility index (Phi) is 3.87. The van der Waals surface area contributed by atoms with E-state index in [2.05, 4.69) is 5.32 Å². The standard InChI is InChI=1S/C14H19NO3/c1-14(7-8-14)12(16)9-15-13(17)18-10-11-5-3-2-4-6-11/h2-6,12,16H,7-10H2,1H3,(H,15,17). The van der Waals surface area contributed by atoms with Crippen molar-refractivity contribution in [2.45, 2.75) is 32.5 Å². The molecule has 0 heterocycles. The fourth-order valence-corrected chi connectivity index (χ4v) is 1.73. The summed E-state index contributed by atoms with van der Waals surface area (Å²) in [6.07, 6.45) is 1.08. The molecule has 1 fully saturated rings. The van der Waals surface area contributed by atoms with Crippen LogP contribution in [0.4, 0.5) is 4.79 Å². The Morgan fingerprint density at radius 3 is 2.72 bits per heavy atom. The molecule has 1 aliphatic rings. The molecule has 1 amide bonds. The fraction of sp³-hybridized carbons (Fsp3) is 0.500. The predicted octanol–water partition coefficient (Wildman–Crippen LogP) is 2.07. The summed E-state index contributed by atoms with van der Waals surface area (Å²) in [6.45, 7) is 2.53. The molecule has 0 radical (unpaired) electrons. The lowest BCUT2D eigenvalue weighted by molar-refractivity contribution is 0.0918. The number of ether oxygens (including phenoxy) is 1. The summed E-state index contributed by atoms with van der Waals surface area (Å²) in [4.78, 5) is 11.4. The molecule has 0 saturated heterocycles. The molecule has 4 nitrogen and oxygen atoms in total. The number of hydrogen-bond acceptors (Lipinski definition) is 3. The van der Waals surface area contributed by atoms with E-state index < -0.39 is 12.2 Å². The maximum Gasteiger partial charge on any atom is 0.407 e. The van der Waals surface area contributed by atoms with Gasteiger partial charge in [0.1, 0.15) is 6.61 Å². The maximum atomic E-state index is 11.4. The molecule has 2 rings (SSSR count). The fourth-order valence-electron chi connectivity index (χ4n) is 1.73. The zero-order chi connectivity index (χ0) is 13.0. The van der Waals surface area contributed by atoms with Crippen molar-refractivity contribution < 1.29 is 14.6 Å². The number of amides is 1. The van der Waals surface area contributed by atoms with Gasteiger partial charge in [0.05, 0.1) is 6.10 Å². The number of hydrogen-bond donors (Lipinski definition) is 2. The molecule has 18 heavy (non-hydrogen) atoms. The largest absolute Gasteiger partial charge is 0.445 e. The van der Waals surface area contributed by atoms with Crippen LogP contribution < -0.4 is 5.32 Å². The number of carbonyl (C=O) groups is 1. The van der Waals surface area contributed by atoms with Crippen molar-refractivity contribution in [2.24, 2.45) is 5.41 Å². The molecule has 0 spiro atoms. The zero-order valence-corrected chi connectivity index (χ0v) is 10.6. The third-order valence-corrected chi connectivity index (χ3v) is 3.50. The Morgan fingerprint density at radius 1 is 1.44 bits per heavy atom. The number of carbonyl (C=O) groups excluding carboxylic acids is 1. The Balaban J connectivity index is 1.66. The average molecular weight is 249 g/mol. The molecular formula is C14H19NO3. The van der Waals surface area contributed by atoms with Gasteiger partial charge in [-0.15, -0.1) is 0 Å². The second-order valence-electron chi connectivity index (χ2n) is 5.11. The number of aliphatic hydroxyl groups is 1. The average Bonchev–Trinajstić information content (AvgIpc) is 3.14. The first-order valence-corrected chi connectivity index (χ1v) is 6.23. The van der Waals surface area contributed by atoms with E-state index in [1.54, 1.807) is 0 Å². The maximum absolute atomic E-state index is 11.4.